The molecule has 2 aromatic heterocycles. The molecule has 0 aliphatic carbocycles. The molecule has 2 atom stereocenters. The summed E-state index contributed by atoms with van der Waals surface area (Å²) >= 11 is 0. The van der Waals surface area contributed by atoms with Crippen LogP contribution in [0.15, 0.2) is 60.0 Å². The Morgan fingerprint density at radius 2 is 1.77 bits per heavy atom. The highest BCUT2D eigenvalue weighted by Crippen LogP contribution is 2.24. The SMILES string of the molecule is C=N/C=C(\NC[C@H](C)NC)c1ccc(-c2ccc(-c3cnc([C@H](C)NC)[nH]3)cc2)nc1. The second kappa shape index (κ2) is 10.7. The fraction of sp³-hybridized carbons (Fsp3) is 0.292. The van der Waals surface area contributed by atoms with E-state index in [-0.39, 0.29) is 6.04 Å². The number of H-pyrrole nitrogens is 1. The Morgan fingerprint density at radius 1 is 1.03 bits per heavy atom. The fourth-order valence-corrected chi connectivity index (χ4v) is 3.06. The molecule has 0 bridgehead atoms. The van der Waals surface area contributed by atoms with Gasteiger partial charge in [0.15, 0.2) is 0 Å². The minimum Gasteiger partial charge on any atom is -0.382 e. The number of likely N-dealkylation sites (N-methyl/N-ethyl adjacent to an activating group) is 1. The zero-order valence-electron chi connectivity index (χ0n) is 18.6. The van der Waals surface area contributed by atoms with Crippen LogP contribution in [-0.4, -0.2) is 48.4 Å². The van der Waals surface area contributed by atoms with E-state index in [4.69, 9.17) is 0 Å². The Labute approximate surface area is 184 Å². The van der Waals surface area contributed by atoms with Gasteiger partial charge in [-0.1, -0.05) is 24.3 Å². The van der Waals surface area contributed by atoms with Crippen molar-refractivity contribution < 1.29 is 0 Å². The van der Waals surface area contributed by atoms with Crippen LogP contribution < -0.4 is 16.0 Å². The summed E-state index contributed by atoms with van der Waals surface area (Å²) in [6, 6.07) is 12.9. The van der Waals surface area contributed by atoms with Crippen molar-refractivity contribution in [2.45, 2.75) is 25.9 Å². The van der Waals surface area contributed by atoms with E-state index in [1.165, 1.54) is 0 Å². The third kappa shape index (κ3) is 5.65. The molecule has 1 aromatic carbocycles. The minimum atomic E-state index is 0.182. The van der Waals surface area contributed by atoms with E-state index in [9.17, 15) is 0 Å². The Morgan fingerprint density at radius 3 is 2.39 bits per heavy atom. The number of rotatable bonds is 10. The first-order chi connectivity index (χ1) is 15.0. The summed E-state index contributed by atoms with van der Waals surface area (Å²) in [7, 11) is 3.86. The standard InChI is InChI=1S/C24H31N7/c1-16(26-4)12-28-22(14-25-3)20-10-11-21(29-13-20)18-6-8-19(9-7-18)23-15-30-24(31-23)17(2)27-5/h6-11,13-17,26-28H,3,12H2,1-2,4-5H3,(H,30,31)/b22-14-/t16-,17-/m0/s1. The third-order valence-corrected chi connectivity index (χ3v) is 5.32. The van der Waals surface area contributed by atoms with Crippen molar-refractivity contribution in [2.24, 2.45) is 4.99 Å². The van der Waals surface area contributed by atoms with Gasteiger partial charge < -0.3 is 20.9 Å². The molecular formula is C24H31N7. The van der Waals surface area contributed by atoms with Gasteiger partial charge in [0.1, 0.15) is 5.82 Å². The van der Waals surface area contributed by atoms with Gasteiger partial charge >= 0.3 is 0 Å². The van der Waals surface area contributed by atoms with Gasteiger partial charge in [-0.25, -0.2) is 4.98 Å². The molecule has 4 N–H and O–H groups in total. The Bertz CT molecular complexity index is 1000. The zero-order chi connectivity index (χ0) is 22.2. The van der Waals surface area contributed by atoms with Crippen molar-refractivity contribution in [3.05, 3.63) is 66.4 Å². The smallest absolute Gasteiger partial charge is 0.123 e. The van der Waals surface area contributed by atoms with Gasteiger partial charge in [-0.05, 0) is 52.4 Å². The van der Waals surface area contributed by atoms with Gasteiger partial charge in [0, 0.05) is 36.1 Å². The second-order valence-electron chi connectivity index (χ2n) is 7.50. The van der Waals surface area contributed by atoms with Crippen molar-refractivity contribution >= 4 is 12.4 Å². The molecule has 2 heterocycles. The van der Waals surface area contributed by atoms with Gasteiger partial charge in [-0.2, -0.15) is 0 Å². The van der Waals surface area contributed by atoms with Crippen molar-refractivity contribution in [3.8, 4) is 22.5 Å². The summed E-state index contributed by atoms with van der Waals surface area (Å²) in [4.78, 5) is 16.4. The van der Waals surface area contributed by atoms with E-state index in [0.29, 0.717) is 6.04 Å². The highest BCUT2D eigenvalue weighted by Gasteiger charge is 2.09. The van der Waals surface area contributed by atoms with E-state index in [2.05, 4.69) is 80.7 Å². The number of aliphatic imine (C=N–C) groups is 1. The molecule has 162 valence electrons. The Hall–Kier alpha value is -3.29. The van der Waals surface area contributed by atoms with E-state index < -0.39 is 0 Å². The number of nitrogens with one attached hydrogen (secondary N) is 4. The van der Waals surface area contributed by atoms with Crippen molar-refractivity contribution in [1.29, 1.82) is 0 Å². The van der Waals surface area contributed by atoms with Crippen LogP contribution in [-0.2, 0) is 0 Å². The lowest BCUT2D eigenvalue weighted by Gasteiger charge is -2.15. The first kappa shape index (κ1) is 22.4. The highest BCUT2D eigenvalue weighted by atomic mass is 15.0. The van der Waals surface area contributed by atoms with Crippen molar-refractivity contribution in [1.82, 2.24) is 30.9 Å². The minimum absolute atomic E-state index is 0.182. The van der Waals surface area contributed by atoms with Crippen LogP contribution in [0.5, 0.6) is 0 Å². The molecule has 0 radical (unpaired) electrons. The number of aromatic nitrogens is 3. The number of pyridine rings is 1. The lowest BCUT2D eigenvalue weighted by Crippen LogP contribution is -2.33. The number of aromatic amines is 1. The molecule has 0 aliphatic rings. The molecule has 0 spiro atoms. The molecule has 7 nitrogen and oxygen atoms in total. The van der Waals surface area contributed by atoms with Gasteiger partial charge in [0.05, 0.1) is 29.3 Å². The van der Waals surface area contributed by atoms with Crippen molar-refractivity contribution in [2.75, 3.05) is 20.6 Å². The summed E-state index contributed by atoms with van der Waals surface area (Å²) in [5.74, 6) is 0.925. The molecule has 3 rings (SSSR count). The van der Waals surface area contributed by atoms with E-state index in [0.717, 1.165) is 46.1 Å². The van der Waals surface area contributed by atoms with Gasteiger partial charge in [0.25, 0.3) is 0 Å². The number of hydrogen-bond acceptors (Lipinski definition) is 6. The maximum absolute atomic E-state index is 4.65. The van der Waals surface area contributed by atoms with Crippen LogP contribution in [0.4, 0.5) is 0 Å². The molecule has 0 unspecified atom stereocenters. The monoisotopic (exact) mass is 417 g/mol. The first-order valence-corrected chi connectivity index (χ1v) is 10.4. The molecule has 3 aromatic rings. The average Bonchev–Trinajstić information content (AvgIpc) is 3.31. The summed E-state index contributed by atoms with van der Waals surface area (Å²) < 4.78 is 0. The lowest BCUT2D eigenvalue weighted by molar-refractivity contribution is 0.589. The summed E-state index contributed by atoms with van der Waals surface area (Å²) in [5.41, 5.74) is 5.94. The normalized spacial score (nSPS) is 13.6. The molecule has 0 saturated heterocycles. The molecule has 0 amide bonds. The molecule has 0 saturated carbocycles. The number of hydrogen-bond donors (Lipinski definition) is 4. The van der Waals surface area contributed by atoms with Crippen LogP contribution in [0.25, 0.3) is 28.2 Å². The predicted octanol–water partition coefficient (Wildman–Crippen LogP) is 3.62. The van der Waals surface area contributed by atoms with E-state index in [1.54, 1.807) is 6.20 Å². The van der Waals surface area contributed by atoms with Crippen LogP contribution in [0.1, 0.15) is 31.3 Å². The third-order valence-electron chi connectivity index (χ3n) is 5.32. The topological polar surface area (TPSA) is 90.0 Å². The molecule has 7 heteroatoms. The van der Waals surface area contributed by atoms with Crippen LogP contribution in [0, 0.1) is 0 Å². The Balaban J connectivity index is 1.74. The number of imidazole rings is 1. The van der Waals surface area contributed by atoms with Gasteiger partial charge in [0.2, 0.25) is 0 Å². The zero-order valence-corrected chi connectivity index (χ0v) is 18.6. The van der Waals surface area contributed by atoms with Gasteiger partial charge in [-0.3, -0.25) is 9.98 Å². The second-order valence-corrected chi connectivity index (χ2v) is 7.50. The molecule has 0 fully saturated rings. The number of benzene rings is 1. The van der Waals surface area contributed by atoms with Crippen LogP contribution in [0.2, 0.25) is 0 Å². The molecule has 0 aliphatic heterocycles. The van der Waals surface area contributed by atoms with Crippen LogP contribution in [0.3, 0.4) is 0 Å². The van der Waals surface area contributed by atoms with E-state index in [1.807, 2.05) is 38.6 Å². The van der Waals surface area contributed by atoms with Gasteiger partial charge in [-0.15, -0.1) is 0 Å². The maximum atomic E-state index is 4.65. The molecule has 31 heavy (non-hydrogen) atoms. The quantitative estimate of drug-likeness (QED) is 0.378. The predicted molar refractivity (Wildman–Crippen MR) is 129 cm³/mol. The summed E-state index contributed by atoms with van der Waals surface area (Å²) in [6.07, 6.45) is 5.45. The maximum Gasteiger partial charge on any atom is 0.123 e. The number of nitrogens with zero attached hydrogens (tertiary/aromatic N) is 3. The van der Waals surface area contributed by atoms with Crippen molar-refractivity contribution in [3.63, 3.8) is 0 Å². The summed E-state index contributed by atoms with van der Waals surface area (Å²) in [5, 5.41) is 9.80. The molecular weight excluding hydrogens is 386 g/mol. The van der Waals surface area contributed by atoms with E-state index >= 15 is 0 Å². The Kier molecular flexibility index (Phi) is 7.70. The fourth-order valence-electron chi connectivity index (χ4n) is 3.06. The lowest BCUT2D eigenvalue weighted by atomic mass is 10.1. The first-order valence-electron chi connectivity index (χ1n) is 10.4. The highest BCUT2D eigenvalue weighted by molar-refractivity contribution is 5.69. The van der Waals surface area contributed by atoms with Crippen LogP contribution >= 0.6 is 0 Å². The average molecular weight is 418 g/mol. The largest absolute Gasteiger partial charge is 0.382 e. The summed E-state index contributed by atoms with van der Waals surface area (Å²) in [6.45, 7) is 8.54.